The van der Waals surface area contributed by atoms with E-state index < -0.39 is 12.0 Å². The van der Waals surface area contributed by atoms with Crippen LogP contribution in [-0.2, 0) is 11.0 Å². The van der Waals surface area contributed by atoms with Crippen molar-refractivity contribution in [1.29, 1.82) is 0 Å². The number of halogens is 3. The Morgan fingerprint density at radius 1 is 1.00 bits per heavy atom. The Bertz CT molecular complexity index is 1300. The molecule has 32 heavy (non-hydrogen) atoms. The number of benzene rings is 1. The highest BCUT2D eigenvalue weighted by atomic mass is 19.4. The van der Waals surface area contributed by atoms with E-state index >= 15 is 0 Å². The summed E-state index contributed by atoms with van der Waals surface area (Å²) >= 11 is 0. The molecule has 1 aliphatic heterocycles. The van der Waals surface area contributed by atoms with Gasteiger partial charge in [0.25, 0.3) is 5.82 Å². The zero-order valence-corrected chi connectivity index (χ0v) is 16.8. The molecular formula is C21H18F3N7O. The van der Waals surface area contributed by atoms with Gasteiger partial charge in [0.2, 0.25) is 5.91 Å². The standard InChI is InChI=1S/C21H18F3N7O/c22-21(23,24)20-28-27-17-7-8-18(29-31(17)20)30-11-9-14(10-12-30)19(32)26-16-6-5-13-3-1-2-4-15(13)25-16/h1-8,14H,9-12H2,(H,25,26,32). The highest BCUT2D eigenvalue weighted by Gasteiger charge is 2.38. The molecule has 5 rings (SSSR count). The Hall–Kier alpha value is -3.76. The van der Waals surface area contributed by atoms with Gasteiger partial charge in [0, 0.05) is 24.4 Å². The molecular weight excluding hydrogens is 423 g/mol. The minimum absolute atomic E-state index is 0.0261. The van der Waals surface area contributed by atoms with E-state index in [9.17, 15) is 18.0 Å². The average molecular weight is 441 g/mol. The summed E-state index contributed by atoms with van der Waals surface area (Å²) in [6.07, 6.45) is -3.55. The van der Waals surface area contributed by atoms with E-state index in [1.807, 2.05) is 35.2 Å². The van der Waals surface area contributed by atoms with Crippen LogP contribution in [0.25, 0.3) is 16.6 Å². The maximum atomic E-state index is 13.1. The summed E-state index contributed by atoms with van der Waals surface area (Å²) in [7, 11) is 0. The van der Waals surface area contributed by atoms with Crippen molar-refractivity contribution in [2.45, 2.75) is 19.0 Å². The maximum Gasteiger partial charge on any atom is 0.453 e. The smallest absolute Gasteiger partial charge is 0.355 e. The second-order valence-corrected chi connectivity index (χ2v) is 7.62. The third kappa shape index (κ3) is 3.81. The molecule has 4 heterocycles. The van der Waals surface area contributed by atoms with Gasteiger partial charge in [-0.15, -0.1) is 15.3 Å². The summed E-state index contributed by atoms with van der Waals surface area (Å²) in [5, 5.41) is 14.7. The van der Waals surface area contributed by atoms with Gasteiger partial charge in [0.1, 0.15) is 11.6 Å². The van der Waals surface area contributed by atoms with Crippen molar-refractivity contribution >= 4 is 34.1 Å². The second kappa shape index (κ2) is 7.74. The number of para-hydroxylation sites is 1. The molecule has 164 valence electrons. The van der Waals surface area contributed by atoms with Gasteiger partial charge in [-0.05, 0) is 43.2 Å². The first-order valence-corrected chi connectivity index (χ1v) is 10.1. The lowest BCUT2D eigenvalue weighted by molar-refractivity contribution is -0.146. The number of piperidine rings is 1. The Kier molecular flexibility index (Phi) is 4.87. The zero-order valence-electron chi connectivity index (χ0n) is 16.8. The second-order valence-electron chi connectivity index (χ2n) is 7.62. The number of anilines is 2. The number of nitrogens with zero attached hydrogens (tertiary/aromatic N) is 6. The van der Waals surface area contributed by atoms with Crippen molar-refractivity contribution in [1.82, 2.24) is 24.8 Å². The van der Waals surface area contributed by atoms with Crippen LogP contribution in [0.1, 0.15) is 18.7 Å². The summed E-state index contributed by atoms with van der Waals surface area (Å²) in [5.41, 5.74) is 0.826. The molecule has 0 aliphatic carbocycles. The Morgan fingerprint density at radius 2 is 1.78 bits per heavy atom. The summed E-state index contributed by atoms with van der Waals surface area (Å²) in [4.78, 5) is 19.0. The minimum Gasteiger partial charge on any atom is -0.355 e. The first-order valence-electron chi connectivity index (χ1n) is 10.1. The number of hydrogen-bond acceptors (Lipinski definition) is 6. The van der Waals surface area contributed by atoms with Gasteiger partial charge < -0.3 is 10.2 Å². The van der Waals surface area contributed by atoms with Crippen molar-refractivity contribution in [2.24, 2.45) is 5.92 Å². The van der Waals surface area contributed by atoms with Crippen molar-refractivity contribution in [2.75, 3.05) is 23.3 Å². The van der Waals surface area contributed by atoms with Crippen molar-refractivity contribution in [3.05, 3.63) is 54.4 Å². The predicted molar refractivity (Wildman–Crippen MR) is 111 cm³/mol. The van der Waals surface area contributed by atoms with Crippen molar-refractivity contribution in [3.8, 4) is 0 Å². The van der Waals surface area contributed by atoms with Gasteiger partial charge in [-0.1, -0.05) is 18.2 Å². The van der Waals surface area contributed by atoms with E-state index in [1.165, 1.54) is 6.07 Å². The molecule has 11 heteroatoms. The first kappa shape index (κ1) is 20.2. The van der Waals surface area contributed by atoms with Crippen LogP contribution in [0.5, 0.6) is 0 Å². The molecule has 8 nitrogen and oxygen atoms in total. The van der Waals surface area contributed by atoms with Gasteiger partial charge in [-0.3, -0.25) is 4.79 Å². The number of carbonyl (C=O) groups excluding carboxylic acids is 1. The van der Waals surface area contributed by atoms with Crippen LogP contribution in [0.3, 0.4) is 0 Å². The van der Waals surface area contributed by atoms with Crippen LogP contribution < -0.4 is 10.2 Å². The van der Waals surface area contributed by atoms with Crippen LogP contribution in [0, 0.1) is 5.92 Å². The fourth-order valence-electron chi connectivity index (χ4n) is 3.86. The maximum absolute atomic E-state index is 13.1. The molecule has 1 N–H and O–H groups in total. The van der Waals surface area contributed by atoms with E-state index in [0.717, 1.165) is 10.9 Å². The monoisotopic (exact) mass is 441 g/mol. The molecule has 0 radical (unpaired) electrons. The number of pyridine rings is 1. The summed E-state index contributed by atoms with van der Waals surface area (Å²) < 4.78 is 40.0. The number of rotatable bonds is 3. The molecule has 1 saturated heterocycles. The van der Waals surface area contributed by atoms with Crippen molar-refractivity contribution < 1.29 is 18.0 Å². The molecule has 1 aliphatic rings. The van der Waals surface area contributed by atoms with Crippen LogP contribution in [-0.4, -0.2) is 43.8 Å². The van der Waals surface area contributed by atoms with E-state index in [0.29, 0.717) is 42.1 Å². The Labute approximate surface area is 180 Å². The van der Waals surface area contributed by atoms with Crippen molar-refractivity contribution in [3.63, 3.8) is 0 Å². The quantitative estimate of drug-likeness (QED) is 0.523. The highest BCUT2D eigenvalue weighted by Crippen LogP contribution is 2.29. The lowest BCUT2D eigenvalue weighted by Crippen LogP contribution is -2.38. The van der Waals surface area contributed by atoms with E-state index in [1.54, 1.807) is 12.1 Å². The third-order valence-electron chi connectivity index (χ3n) is 5.54. The minimum atomic E-state index is -4.65. The summed E-state index contributed by atoms with van der Waals surface area (Å²) in [5.74, 6) is -0.613. The van der Waals surface area contributed by atoms with Gasteiger partial charge >= 0.3 is 6.18 Å². The predicted octanol–water partition coefficient (Wildman–Crippen LogP) is 3.55. The molecule has 4 aromatic rings. The zero-order chi connectivity index (χ0) is 22.3. The van der Waals surface area contributed by atoms with Crippen LogP contribution in [0.2, 0.25) is 0 Å². The normalized spacial score (nSPS) is 15.4. The molecule has 1 aromatic carbocycles. The van der Waals surface area contributed by atoms with Crippen LogP contribution in [0.4, 0.5) is 24.8 Å². The molecule has 1 fully saturated rings. The van der Waals surface area contributed by atoms with Crippen LogP contribution >= 0.6 is 0 Å². The highest BCUT2D eigenvalue weighted by molar-refractivity contribution is 5.93. The van der Waals surface area contributed by atoms with Gasteiger partial charge in [0.05, 0.1) is 5.52 Å². The van der Waals surface area contributed by atoms with E-state index in [4.69, 9.17) is 0 Å². The molecule has 0 saturated carbocycles. The van der Waals surface area contributed by atoms with Crippen LogP contribution in [0.15, 0.2) is 48.5 Å². The summed E-state index contributed by atoms with van der Waals surface area (Å²) in [6.45, 7) is 0.983. The molecule has 0 bridgehead atoms. The number of fused-ring (bicyclic) bond motifs is 2. The molecule has 0 spiro atoms. The largest absolute Gasteiger partial charge is 0.453 e. The molecule has 3 aromatic heterocycles. The summed E-state index contributed by atoms with van der Waals surface area (Å²) in [6, 6.07) is 14.4. The number of carbonyl (C=O) groups is 1. The SMILES string of the molecule is O=C(Nc1ccc2ccccc2n1)C1CCN(c2ccc3nnc(C(F)(F)F)n3n2)CC1. The third-order valence-corrected chi connectivity index (χ3v) is 5.54. The molecule has 0 atom stereocenters. The molecule has 0 unspecified atom stereocenters. The van der Waals surface area contributed by atoms with E-state index in [2.05, 4.69) is 25.6 Å². The number of nitrogens with one attached hydrogen (secondary N) is 1. The average Bonchev–Trinajstić information content (AvgIpc) is 3.23. The fourth-order valence-corrected chi connectivity index (χ4v) is 3.86. The van der Waals surface area contributed by atoms with Gasteiger partial charge in [0.15, 0.2) is 5.65 Å². The number of aromatic nitrogens is 5. The van der Waals surface area contributed by atoms with E-state index in [-0.39, 0.29) is 17.5 Å². The number of alkyl halides is 3. The fraction of sp³-hybridized carbons (Fsp3) is 0.286. The lowest BCUT2D eigenvalue weighted by Gasteiger charge is -2.32. The van der Waals surface area contributed by atoms with Gasteiger partial charge in [-0.25, -0.2) is 4.98 Å². The lowest BCUT2D eigenvalue weighted by atomic mass is 9.96. The number of hydrogen-bond donors (Lipinski definition) is 1. The number of amides is 1. The molecule has 1 amide bonds. The first-order chi connectivity index (χ1) is 15.4. The van der Waals surface area contributed by atoms with Gasteiger partial charge in [-0.2, -0.15) is 17.7 Å². The topological polar surface area (TPSA) is 88.3 Å². The Balaban J connectivity index is 1.26. The Morgan fingerprint density at radius 3 is 2.56 bits per heavy atom.